The van der Waals surface area contributed by atoms with Crippen molar-refractivity contribution in [3.05, 3.63) is 71.0 Å². The molecule has 30 heavy (non-hydrogen) atoms. The summed E-state index contributed by atoms with van der Waals surface area (Å²) in [5, 5.41) is 0. The van der Waals surface area contributed by atoms with Gasteiger partial charge in [0.05, 0.1) is 0 Å². The van der Waals surface area contributed by atoms with Crippen molar-refractivity contribution in [3.63, 3.8) is 0 Å². The maximum Gasteiger partial charge on any atom is 0.285 e. The van der Waals surface area contributed by atoms with Crippen molar-refractivity contribution in [1.82, 2.24) is 4.90 Å². The van der Waals surface area contributed by atoms with Crippen molar-refractivity contribution in [2.24, 2.45) is 4.40 Å². The van der Waals surface area contributed by atoms with Gasteiger partial charge < -0.3 is 9.80 Å². The number of anilines is 1. The van der Waals surface area contributed by atoms with Gasteiger partial charge in [-0.2, -0.15) is 8.42 Å². The van der Waals surface area contributed by atoms with Crippen LogP contribution in [0.2, 0.25) is 0 Å². The molecular formula is C23H26FN3O2S. The van der Waals surface area contributed by atoms with Crippen LogP contribution in [0.5, 0.6) is 0 Å². The van der Waals surface area contributed by atoms with Gasteiger partial charge in [-0.15, -0.1) is 4.40 Å². The summed E-state index contributed by atoms with van der Waals surface area (Å²) in [6.45, 7) is 8.80. The molecule has 0 aliphatic carbocycles. The monoisotopic (exact) mass is 427 g/mol. The van der Waals surface area contributed by atoms with Gasteiger partial charge in [0.1, 0.15) is 16.6 Å². The van der Waals surface area contributed by atoms with E-state index in [4.69, 9.17) is 0 Å². The zero-order valence-corrected chi connectivity index (χ0v) is 18.3. The van der Waals surface area contributed by atoms with Gasteiger partial charge in [-0.05, 0) is 48.2 Å². The van der Waals surface area contributed by atoms with Gasteiger partial charge in [-0.3, -0.25) is 0 Å². The Bertz CT molecular complexity index is 1100. The molecule has 0 saturated carbocycles. The van der Waals surface area contributed by atoms with Crippen molar-refractivity contribution < 1.29 is 12.8 Å². The fourth-order valence-corrected chi connectivity index (χ4v) is 5.51. The van der Waals surface area contributed by atoms with Crippen LogP contribution in [-0.2, 0) is 10.0 Å². The van der Waals surface area contributed by atoms with E-state index in [1.54, 1.807) is 12.1 Å². The number of amidine groups is 1. The standard InChI is InChI=1S/C23H26FN3O2S/c1-16(2)18-4-6-19(7-5-18)22-17(3)23(25-30(22,28)29)27-14-12-26(13-15-27)21-10-8-20(24)9-11-21/h4-11,16H,12-15H2,1-3H3. The summed E-state index contributed by atoms with van der Waals surface area (Å²) in [6.07, 6.45) is 0. The predicted molar refractivity (Wildman–Crippen MR) is 120 cm³/mol. The highest BCUT2D eigenvalue weighted by atomic mass is 32.2. The smallest absolute Gasteiger partial charge is 0.285 e. The first kappa shape index (κ1) is 20.6. The molecule has 0 spiro atoms. The van der Waals surface area contributed by atoms with Gasteiger partial charge in [0.2, 0.25) is 0 Å². The molecule has 0 amide bonds. The van der Waals surface area contributed by atoms with Gasteiger partial charge >= 0.3 is 0 Å². The van der Waals surface area contributed by atoms with E-state index < -0.39 is 10.0 Å². The SMILES string of the molecule is CC1=C(c2ccc(C(C)C)cc2)S(=O)(=O)N=C1N1CCN(c2ccc(F)cc2)CC1. The number of hydrogen-bond acceptors (Lipinski definition) is 4. The molecule has 1 saturated heterocycles. The second-order valence-corrected chi connectivity index (χ2v) is 9.61. The van der Waals surface area contributed by atoms with E-state index in [1.165, 1.54) is 17.7 Å². The Morgan fingerprint density at radius 3 is 2.03 bits per heavy atom. The summed E-state index contributed by atoms with van der Waals surface area (Å²) < 4.78 is 43.0. The summed E-state index contributed by atoms with van der Waals surface area (Å²) in [5.74, 6) is 0.674. The number of rotatable bonds is 3. The van der Waals surface area contributed by atoms with Gasteiger partial charge in [-0.25, -0.2) is 4.39 Å². The topological polar surface area (TPSA) is 53.0 Å². The lowest BCUT2D eigenvalue weighted by molar-refractivity contribution is 0.386. The fourth-order valence-electron chi connectivity index (χ4n) is 4.03. The summed E-state index contributed by atoms with van der Waals surface area (Å²) in [4.78, 5) is 4.50. The molecule has 0 N–H and O–H groups in total. The second-order valence-electron chi connectivity index (χ2n) is 8.07. The third kappa shape index (κ3) is 3.86. The third-order valence-corrected chi connectivity index (χ3v) is 7.22. The molecule has 2 heterocycles. The summed E-state index contributed by atoms with van der Waals surface area (Å²) in [5.41, 5.74) is 3.52. The van der Waals surface area contributed by atoms with E-state index in [9.17, 15) is 12.8 Å². The van der Waals surface area contributed by atoms with E-state index >= 15 is 0 Å². The summed E-state index contributed by atoms with van der Waals surface area (Å²) >= 11 is 0. The van der Waals surface area contributed by atoms with Crippen molar-refractivity contribution in [2.45, 2.75) is 26.7 Å². The lowest BCUT2D eigenvalue weighted by atomic mass is 10.0. The minimum atomic E-state index is -3.72. The third-order valence-electron chi connectivity index (χ3n) is 5.75. The Kier molecular flexibility index (Phi) is 5.40. The van der Waals surface area contributed by atoms with Crippen LogP contribution in [0.4, 0.5) is 10.1 Å². The van der Waals surface area contributed by atoms with Crippen molar-refractivity contribution >= 4 is 26.5 Å². The zero-order valence-electron chi connectivity index (χ0n) is 17.5. The van der Waals surface area contributed by atoms with Crippen LogP contribution >= 0.6 is 0 Å². The molecule has 158 valence electrons. The van der Waals surface area contributed by atoms with Crippen molar-refractivity contribution in [3.8, 4) is 0 Å². The number of halogens is 1. The Labute approximate surface area is 177 Å². The summed E-state index contributed by atoms with van der Waals surface area (Å²) in [7, 11) is -3.72. The molecule has 5 nitrogen and oxygen atoms in total. The molecule has 7 heteroatoms. The Hall–Kier alpha value is -2.67. The van der Waals surface area contributed by atoms with Gasteiger partial charge in [0, 0.05) is 37.4 Å². The molecule has 0 aromatic heterocycles. The largest absolute Gasteiger partial charge is 0.368 e. The van der Waals surface area contributed by atoms with Crippen LogP contribution in [0.1, 0.15) is 37.8 Å². The van der Waals surface area contributed by atoms with E-state index in [1.807, 2.05) is 36.1 Å². The molecule has 4 rings (SSSR count). The average Bonchev–Trinajstić information content (AvgIpc) is 2.97. The minimum Gasteiger partial charge on any atom is -0.368 e. The number of benzene rings is 2. The van der Waals surface area contributed by atoms with Crippen LogP contribution in [0, 0.1) is 5.82 Å². The van der Waals surface area contributed by atoms with Crippen LogP contribution in [0.15, 0.2) is 58.5 Å². The van der Waals surface area contributed by atoms with E-state index in [-0.39, 0.29) is 5.82 Å². The molecule has 2 aliphatic rings. The highest BCUT2D eigenvalue weighted by Crippen LogP contribution is 2.34. The maximum atomic E-state index is 13.2. The Balaban J connectivity index is 1.54. The van der Waals surface area contributed by atoms with E-state index in [0.717, 1.165) is 18.8 Å². The normalized spacial score (nSPS) is 18.9. The first-order valence-electron chi connectivity index (χ1n) is 10.2. The Morgan fingerprint density at radius 1 is 0.900 bits per heavy atom. The summed E-state index contributed by atoms with van der Waals surface area (Å²) in [6, 6.07) is 14.2. The molecular weight excluding hydrogens is 401 g/mol. The molecule has 2 aliphatic heterocycles. The zero-order chi connectivity index (χ0) is 21.5. The van der Waals surface area contributed by atoms with Gasteiger partial charge in [0.15, 0.2) is 0 Å². The first-order valence-corrected chi connectivity index (χ1v) is 11.6. The minimum absolute atomic E-state index is 0.252. The molecule has 0 unspecified atom stereocenters. The highest BCUT2D eigenvalue weighted by molar-refractivity contribution is 8.00. The molecule has 2 aromatic rings. The van der Waals surface area contributed by atoms with E-state index in [2.05, 4.69) is 23.1 Å². The average molecular weight is 428 g/mol. The number of piperazine rings is 1. The van der Waals surface area contributed by atoms with Crippen LogP contribution in [-0.4, -0.2) is 45.3 Å². The van der Waals surface area contributed by atoms with Gasteiger partial charge in [-0.1, -0.05) is 38.1 Å². The van der Waals surface area contributed by atoms with Crippen molar-refractivity contribution in [2.75, 3.05) is 31.1 Å². The fraction of sp³-hybridized carbons (Fsp3) is 0.348. The van der Waals surface area contributed by atoms with Gasteiger partial charge in [0.25, 0.3) is 10.0 Å². The number of sulfonamides is 1. The number of nitrogens with zero attached hydrogens (tertiary/aromatic N) is 3. The molecule has 1 fully saturated rings. The molecule has 0 atom stereocenters. The highest BCUT2D eigenvalue weighted by Gasteiger charge is 2.34. The van der Waals surface area contributed by atoms with Crippen LogP contribution in [0.25, 0.3) is 4.91 Å². The predicted octanol–water partition coefficient (Wildman–Crippen LogP) is 4.24. The lowest BCUT2D eigenvalue weighted by Crippen LogP contribution is -2.48. The Morgan fingerprint density at radius 2 is 1.47 bits per heavy atom. The van der Waals surface area contributed by atoms with Crippen LogP contribution in [0.3, 0.4) is 0 Å². The quantitative estimate of drug-likeness (QED) is 0.735. The van der Waals surface area contributed by atoms with Crippen LogP contribution < -0.4 is 4.90 Å². The van der Waals surface area contributed by atoms with Crippen molar-refractivity contribution in [1.29, 1.82) is 0 Å². The molecule has 0 bridgehead atoms. The second kappa shape index (κ2) is 7.87. The maximum absolute atomic E-state index is 13.2. The first-order chi connectivity index (χ1) is 14.3. The number of hydrogen-bond donors (Lipinski definition) is 0. The van der Waals surface area contributed by atoms with E-state index in [0.29, 0.717) is 40.9 Å². The lowest BCUT2D eigenvalue weighted by Gasteiger charge is -2.37. The molecule has 2 aromatic carbocycles. The molecule has 0 radical (unpaired) electrons.